The van der Waals surface area contributed by atoms with E-state index in [0.717, 1.165) is 0 Å². The maximum atomic E-state index is 12.2. The predicted molar refractivity (Wildman–Crippen MR) is 115 cm³/mol. The van der Waals surface area contributed by atoms with Crippen molar-refractivity contribution in [1.82, 2.24) is 21.3 Å². The van der Waals surface area contributed by atoms with Gasteiger partial charge >= 0.3 is 5.97 Å². The third kappa shape index (κ3) is 12.3. The number of nitrogens with one attached hydrogen (secondary N) is 4. The number of carboxylic acid groups (broad SMARTS) is 1. The van der Waals surface area contributed by atoms with Crippen molar-refractivity contribution in [3.8, 4) is 0 Å². The second-order valence-electron chi connectivity index (χ2n) is 7.50. The zero-order valence-corrected chi connectivity index (χ0v) is 19.2. The summed E-state index contributed by atoms with van der Waals surface area (Å²) in [7, 11) is 0. The molecule has 30 heavy (non-hydrogen) atoms. The minimum Gasteiger partial charge on any atom is -0.481 e. The first kappa shape index (κ1) is 27.7. The largest absolute Gasteiger partial charge is 0.481 e. The van der Waals surface area contributed by atoms with Gasteiger partial charge in [-0.2, -0.15) is 0 Å². The Hall–Kier alpha value is -2.30. The summed E-state index contributed by atoms with van der Waals surface area (Å²) >= 11 is 1.24. The summed E-state index contributed by atoms with van der Waals surface area (Å²) in [5.41, 5.74) is 0. The van der Waals surface area contributed by atoms with Crippen molar-refractivity contribution in [3.63, 3.8) is 0 Å². The van der Waals surface area contributed by atoms with Gasteiger partial charge in [0.25, 0.3) is 0 Å². The fraction of sp³-hybridized carbons (Fsp3) is 0.737. The van der Waals surface area contributed by atoms with E-state index in [9.17, 15) is 24.0 Å². The Morgan fingerprint density at radius 3 is 1.83 bits per heavy atom. The Labute approximate surface area is 181 Å². The lowest BCUT2D eigenvalue weighted by atomic mass is 10.2. The zero-order chi connectivity index (χ0) is 23.4. The van der Waals surface area contributed by atoms with Crippen molar-refractivity contribution in [1.29, 1.82) is 0 Å². The molecule has 5 N–H and O–H groups in total. The highest BCUT2D eigenvalue weighted by atomic mass is 32.2. The standard InChI is InChI=1S/C19H34N4O6S/c1-10(2)21-17(27)13(6)23-18(28)12(5)22-15(24)7-8-20-19(29)14(9-16(25)26)30-11(3)4/h10-14H,7-9H2,1-6H3,(H,20,29)(H,21,27)(H,22,24)(H,23,28)(H,25,26)/t12-,13-,14?/m0/s1. The van der Waals surface area contributed by atoms with E-state index >= 15 is 0 Å². The SMILES string of the molecule is CC(C)NC(=O)[C@H](C)NC(=O)[C@H](C)NC(=O)CCNC(=O)C(CC(=O)O)SC(C)C. The molecule has 0 aromatic carbocycles. The number of rotatable bonds is 13. The maximum absolute atomic E-state index is 12.2. The molecule has 11 heteroatoms. The molecular formula is C19H34N4O6S. The third-order valence-corrected chi connectivity index (χ3v) is 4.95. The predicted octanol–water partition coefficient (Wildman–Crippen LogP) is 0.0116. The molecule has 4 amide bonds. The van der Waals surface area contributed by atoms with E-state index in [-0.39, 0.29) is 36.6 Å². The minimum atomic E-state index is -1.07. The van der Waals surface area contributed by atoms with Crippen LogP contribution in [0.2, 0.25) is 0 Å². The van der Waals surface area contributed by atoms with Crippen LogP contribution in [0.5, 0.6) is 0 Å². The summed E-state index contributed by atoms with van der Waals surface area (Å²) in [5.74, 6) is -2.80. The molecule has 1 unspecified atom stereocenters. The molecule has 0 aliphatic heterocycles. The molecular weight excluding hydrogens is 412 g/mol. The molecule has 0 heterocycles. The summed E-state index contributed by atoms with van der Waals surface area (Å²) in [5, 5.41) is 18.5. The van der Waals surface area contributed by atoms with Crippen molar-refractivity contribution < 1.29 is 29.1 Å². The zero-order valence-electron chi connectivity index (χ0n) is 18.4. The van der Waals surface area contributed by atoms with Crippen molar-refractivity contribution in [2.24, 2.45) is 0 Å². The second kappa shape index (κ2) is 13.8. The van der Waals surface area contributed by atoms with Crippen molar-refractivity contribution in [2.75, 3.05) is 6.54 Å². The molecule has 0 rings (SSSR count). The van der Waals surface area contributed by atoms with E-state index in [2.05, 4.69) is 21.3 Å². The number of thioether (sulfide) groups is 1. The molecule has 10 nitrogen and oxygen atoms in total. The van der Waals surface area contributed by atoms with E-state index in [1.165, 1.54) is 18.7 Å². The molecule has 3 atom stereocenters. The van der Waals surface area contributed by atoms with Crippen LogP contribution in [0, 0.1) is 0 Å². The Kier molecular flexibility index (Phi) is 12.8. The van der Waals surface area contributed by atoms with Gasteiger partial charge in [-0.25, -0.2) is 0 Å². The van der Waals surface area contributed by atoms with Crippen LogP contribution in [0.4, 0.5) is 0 Å². The second-order valence-corrected chi connectivity index (χ2v) is 9.28. The topological polar surface area (TPSA) is 154 Å². The molecule has 0 radical (unpaired) electrons. The van der Waals surface area contributed by atoms with Crippen LogP contribution in [0.3, 0.4) is 0 Å². The molecule has 0 aromatic rings. The number of carboxylic acids is 1. The molecule has 0 aliphatic rings. The van der Waals surface area contributed by atoms with Crippen molar-refractivity contribution >= 4 is 41.4 Å². The first-order valence-corrected chi connectivity index (χ1v) is 10.8. The number of aliphatic carboxylic acids is 1. The number of hydrogen-bond donors (Lipinski definition) is 5. The van der Waals surface area contributed by atoms with Gasteiger partial charge in [0.2, 0.25) is 23.6 Å². The van der Waals surface area contributed by atoms with Crippen LogP contribution in [0.1, 0.15) is 54.4 Å². The first-order chi connectivity index (χ1) is 13.8. The van der Waals surface area contributed by atoms with Crippen LogP contribution in [0.15, 0.2) is 0 Å². The molecule has 0 aliphatic carbocycles. The first-order valence-electron chi connectivity index (χ1n) is 9.88. The van der Waals surface area contributed by atoms with Gasteiger partial charge in [0.1, 0.15) is 12.1 Å². The third-order valence-electron chi connectivity index (χ3n) is 3.69. The molecule has 0 saturated heterocycles. The van der Waals surface area contributed by atoms with Crippen LogP contribution in [-0.4, -0.2) is 69.9 Å². The van der Waals surface area contributed by atoms with Gasteiger partial charge in [-0.05, 0) is 32.9 Å². The highest BCUT2D eigenvalue weighted by molar-refractivity contribution is 8.01. The summed E-state index contributed by atoms with van der Waals surface area (Å²) in [6.07, 6.45) is -0.375. The van der Waals surface area contributed by atoms with Crippen LogP contribution >= 0.6 is 11.8 Å². The van der Waals surface area contributed by atoms with E-state index < -0.39 is 41.0 Å². The average molecular weight is 447 g/mol. The fourth-order valence-electron chi connectivity index (χ4n) is 2.30. The van der Waals surface area contributed by atoms with E-state index in [0.29, 0.717) is 0 Å². The van der Waals surface area contributed by atoms with E-state index in [4.69, 9.17) is 5.11 Å². The summed E-state index contributed by atoms with van der Waals surface area (Å²) < 4.78 is 0. The maximum Gasteiger partial charge on any atom is 0.305 e. The molecule has 0 aromatic heterocycles. The summed E-state index contributed by atoms with van der Waals surface area (Å²) in [6, 6.07) is -1.67. The van der Waals surface area contributed by atoms with Crippen molar-refractivity contribution in [2.45, 2.75) is 83.0 Å². The smallest absolute Gasteiger partial charge is 0.305 e. The lowest BCUT2D eigenvalue weighted by Gasteiger charge is -2.19. The molecule has 172 valence electrons. The van der Waals surface area contributed by atoms with Crippen LogP contribution in [0.25, 0.3) is 0 Å². The molecule has 0 bridgehead atoms. The van der Waals surface area contributed by atoms with E-state index in [1.54, 1.807) is 20.8 Å². The lowest BCUT2D eigenvalue weighted by Crippen LogP contribution is -2.52. The highest BCUT2D eigenvalue weighted by Crippen LogP contribution is 2.20. The Balaban J connectivity index is 4.42. The highest BCUT2D eigenvalue weighted by Gasteiger charge is 2.24. The molecule has 0 saturated carbocycles. The van der Waals surface area contributed by atoms with Gasteiger partial charge in [0.15, 0.2) is 0 Å². The number of carbonyl (C=O) groups is 5. The van der Waals surface area contributed by atoms with Gasteiger partial charge in [0, 0.05) is 19.0 Å². The van der Waals surface area contributed by atoms with Crippen LogP contribution < -0.4 is 21.3 Å². The summed E-state index contributed by atoms with van der Waals surface area (Å²) in [6.45, 7) is 10.4. The van der Waals surface area contributed by atoms with Crippen LogP contribution in [-0.2, 0) is 24.0 Å². The van der Waals surface area contributed by atoms with Gasteiger partial charge in [-0.15, -0.1) is 11.8 Å². The van der Waals surface area contributed by atoms with Gasteiger partial charge in [-0.1, -0.05) is 13.8 Å². The van der Waals surface area contributed by atoms with Crippen molar-refractivity contribution in [3.05, 3.63) is 0 Å². The number of hydrogen-bond acceptors (Lipinski definition) is 6. The normalized spacial score (nSPS) is 13.9. The Morgan fingerprint density at radius 2 is 1.33 bits per heavy atom. The minimum absolute atomic E-state index is 0.0149. The number of carbonyl (C=O) groups excluding carboxylic acids is 4. The van der Waals surface area contributed by atoms with Gasteiger partial charge in [-0.3, -0.25) is 24.0 Å². The summed E-state index contributed by atoms with van der Waals surface area (Å²) in [4.78, 5) is 59.0. The average Bonchev–Trinajstić information content (AvgIpc) is 2.59. The lowest BCUT2D eigenvalue weighted by molar-refractivity contribution is -0.138. The number of amides is 4. The van der Waals surface area contributed by atoms with Gasteiger partial charge < -0.3 is 26.4 Å². The monoisotopic (exact) mass is 446 g/mol. The fourth-order valence-corrected chi connectivity index (χ4v) is 3.40. The Morgan fingerprint density at radius 1 is 0.800 bits per heavy atom. The van der Waals surface area contributed by atoms with Gasteiger partial charge in [0.05, 0.1) is 11.7 Å². The quantitative estimate of drug-likeness (QED) is 0.267. The molecule has 0 spiro atoms. The Bertz CT molecular complexity index is 626. The molecule has 0 fully saturated rings. The van der Waals surface area contributed by atoms with E-state index in [1.807, 2.05) is 13.8 Å².